The van der Waals surface area contributed by atoms with E-state index in [-0.39, 0.29) is 22.4 Å². The van der Waals surface area contributed by atoms with E-state index < -0.39 is 10.0 Å². The first-order valence-corrected chi connectivity index (χ1v) is 12.2. The molecule has 1 aliphatic rings. The molecule has 0 bridgehead atoms. The van der Waals surface area contributed by atoms with Gasteiger partial charge in [-0.05, 0) is 73.5 Å². The summed E-state index contributed by atoms with van der Waals surface area (Å²) in [7, 11) is -2.38. The first kappa shape index (κ1) is 23.4. The van der Waals surface area contributed by atoms with Gasteiger partial charge in [-0.1, -0.05) is 12.1 Å². The van der Waals surface area contributed by atoms with Crippen LogP contribution < -0.4 is 24.2 Å². The zero-order valence-electron chi connectivity index (χ0n) is 19.1. The molecule has 0 saturated carbocycles. The van der Waals surface area contributed by atoms with Crippen LogP contribution in [0.25, 0.3) is 0 Å². The van der Waals surface area contributed by atoms with Crippen LogP contribution in [0.2, 0.25) is 0 Å². The third-order valence-electron chi connectivity index (χ3n) is 5.50. The van der Waals surface area contributed by atoms with Gasteiger partial charge in [0.05, 0.1) is 18.0 Å². The monoisotopic (exact) mass is 482 g/mol. The second kappa shape index (κ2) is 9.64. The predicted octanol–water partition coefficient (Wildman–Crippen LogP) is 4.07. The molecule has 0 radical (unpaired) electrons. The Bertz CT molecular complexity index is 1310. The van der Waals surface area contributed by atoms with Gasteiger partial charge in [-0.3, -0.25) is 9.52 Å². The van der Waals surface area contributed by atoms with Crippen LogP contribution in [-0.4, -0.2) is 34.6 Å². The molecule has 1 heterocycles. The molecular formula is C25H26N2O6S. The molecule has 2 N–H and O–H groups in total. The number of sulfonamides is 1. The molecule has 0 aromatic heterocycles. The molecule has 1 aliphatic heterocycles. The van der Waals surface area contributed by atoms with Crippen LogP contribution in [0.5, 0.6) is 17.2 Å². The number of carbonyl (C=O) groups excluding carboxylic acids is 1. The molecule has 3 aromatic rings. The fourth-order valence-corrected chi connectivity index (χ4v) is 4.92. The molecule has 1 amide bonds. The average Bonchev–Trinajstić information content (AvgIpc) is 2.84. The number of methoxy groups -OCH3 is 1. The predicted molar refractivity (Wildman–Crippen MR) is 128 cm³/mol. The Kier molecular flexibility index (Phi) is 6.65. The number of aryl methyl sites for hydroxylation is 1. The van der Waals surface area contributed by atoms with E-state index in [4.69, 9.17) is 14.2 Å². The molecule has 1 atom stereocenters. The Labute approximate surface area is 198 Å². The van der Waals surface area contributed by atoms with Gasteiger partial charge < -0.3 is 19.5 Å². The standard InChI is InChI=1S/C25H26N2O6S/c1-16-4-5-19(15-24(16)34(29,30)27-20-7-9-21(31-3)10-8-20)25(28)26-17(2)18-6-11-22-23(14-18)33-13-12-32-22/h4-11,14-15,17,27H,12-13H2,1-3H3,(H,26,28)/t17-/m0/s1. The van der Waals surface area contributed by atoms with Crippen LogP contribution in [0, 0.1) is 6.92 Å². The van der Waals surface area contributed by atoms with E-state index in [9.17, 15) is 13.2 Å². The lowest BCUT2D eigenvalue weighted by Crippen LogP contribution is -2.27. The molecule has 9 heteroatoms. The second-order valence-electron chi connectivity index (χ2n) is 7.91. The quantitative estimate of drug-likeness (QED) is 0.526. The largest absolute Gasteiger partial charge is 0.497 e. The number of carbonyl (C=O) groups is 1. The first-order chi connectivity index (χ1) is 16.3. The van der Waals surface area contributed by atoms with E-state index in [0.29, 0.717) is 41.7 Å². The van der Waals surface area contributed by atoms with Crippen molar-refractivity contribution in [2.45, 2.75) is 24.8 Å². The van der Waals surface area contributed by atoms with Crippen LogP contribution in [-0.2, 0) is 10.0 Å². The van der Waals surface area contributed by atoms with Gasteiger partial charge in [-0.2, -0.15) is 0 Å². The lowest BCUT2D eigenvalue weighted by molar-refractivity contribution is 0.0939. The summed E-state index contributed by atoms with van der Waals surface area (Å²) in [5.74, 6) is 1.54. The highest BCUT2D eigenvalue weighted by Crippen LogP contribution is 2.32. The first-order valence-electron chi connectivity index (χ1n) is 10.7. The second-order valence-corrected chi connectivity index (χ2v) is 9.56. The van der Waals surface area contributed by atoms with Crippen LogP contribution in [0.15, 0.2) is 65.6 Å². The molecule has 4 rings (SSSR count). The van der Waals surface area contributed by atoms with Crippen molar-refractivity contribution >= 4 is 21.6 Å². The summed E-state index contributed by atoms with van der Waals surface area (Å²) in [6.07, 6.45) is 0. The minimum absolute atomic E-state index is 0.0305. The maximum Gasteiger partial charge on any atom is 0.262 e. The lowest BCUT2D eigenvalue weighted by atomic mass is 10.1. The Balaban J connectivity index is 1.51. The van der Waals surface area contributed by atoms with Gasteiger partial charge >= 0.3 is 0 Å². The van der Waals surface area contributed by atoms with Crippen LogP contribution >= 0.6 is 0 Å². The molecule has 8 nitrogen and oxygen atoms in total. The van der Waals surface area contributed by atoms with Gasteiger partial charge in [0.1, 0.15) is 19.0 Å². The van der Waals surface area contributed by atoms with E-state index in [1.165, 1.54) is 13.2 Å². The third-order valence-corrected chi connectivity index (χ3v) is 7.02. The van der Waals surface area contributed by atoms with Crippen molar-refractivity contribution in [3.8, 4) is 17.2 Å². The third kappa shape index (κ3) is 5.09. The number of anilines is 1. The fourth-order valence-electron chi connectivity index (χ4n) is 3.59. The number of benzene rings is 3. The number of ether oxygens (including phenoxy) is 3. The number of rotatable bonds is 7. The summed E-state index contributed by atoms with van der Waals surface area (Å²) in [6.45, 7) is 4.51. The summed E-state index contributed by atoms with van der Waals surface area (Å²) in [6, 6.07) is 16.3. The Morgan fingerprint density at radius 1 is 0.971 bits per heavy atom. The van der Waals surface area contributed by atoms with Gasteiger partial charge in [0.25, 0.3) is 15.9 Å². The Hall–Kier alpha value is -3.72. The lowest BCUT2D eigenvalue weighted by Gasteiger charge is -2.21. The number of nitrogens with one attached hydrogen (secondary N) is 2. The van der Waals surface area contributed by atoms with Crippen molar-refractivity contribution in [2.75, 3.05) is 25.0 Å². The molecule has 178 valence electrons. The summed E-state index contributed by atoms with van der Waals surface area (Å²) in [5, 5.41) is 2.92. The number of amides is 1. The highest BCUT2D eigenvalue weighted by molar-refractivity contribution is 7.92. The zero-order valence-corrected chi connectivity index (χ0v) is 19.9. The van der Waals surface area contributed by atoms with Crippen molar-refractivity contribution in [3.05, 3.63) is 77.4 Å². The van der Waals surface area contributed by atoms with E-state index in [2.05, 4.69) is 10.0 Å². The summed E-state index contributed by atoms with van der Waals surface area (Å²) >= 11 is 0. The van der Waals surface area contributed by atoms with E-state index in [1.807, 2.05) is 25.1 Å². The van der Waals surface area contributed by atoms with E-state index in [0.717, 1.165) is 5.56 Å². The highest BCUT2D eigenvalue weighted by atomic mass is 32.2. The fraction of sp³-hybridized carbons (Fsp3) is 0.240. The average molecular weight is 483 g/mol. The molecule has 0 fully saturated rings. The minimum Gasteiger partial charge on any atom is -0.497 e. The van der Waals surface area contributed by atoms with Gasteiger partial charge in [0.15, 0.2) is 11.5 Å². The summed E-state index contributed by atoms with van der Waals surface area (Å²) in [5.41, 5.74) is 2.00. The molecule has 0 unspecified atom stereocenters. The number of hydrogen-bond donors (Lipinski definition) is 2. The van der Waals surface area contributed by atoms with Crippen molar-refractivity contribution in [3.63, 3.8) is 0 Å². The van der Waals surface area contributed by atoms with Gasteiger partial charge in [0.2, 0.25) is 0 Å². The molecule has 0 aliphatic carbocycles. The van der Waals surface area contributed by atoms with Gasteiger partial charge in [0, 0.05) is 11.3 Å². The molecule has 0 spiro atoms. The molecule has 0 saturated heterocycles. The maximum atomic E-state index is 13.0. The van der Waals surface area contributed by atoms with Crippen LogP contribution in [0.1, 0.15) is 34.5 Å². The molecular weight excluding hydrogens is 456 g/mol. The molecule has 3 aromatic carbocycles. The van der Waals surface area contributed by atoms with Gasteiger partial charge in [-0.15, -0.1) is 0 Å². The smallest absolute Gasteiger partial charge is 0.262 e. The maximum absolute atomic E-state index is 13.0. The van der Waals surface area contributed by atoms with Gasteiger partial charge in [-0.25, -0.2) is 8.42 Å². The van der Waals surface area contributed by atoms with Crippen molar-refractivity contribution < 1.29 is 27.4 Å². The normalized spacial score (nSPS) is 13.6. The number of fused-ring (bicyclic) bond motifs is 1. The van der Waals surface area contributed by atoms with E-state index in [1.54, 1.807) is 43.3 Å². The Morgan fingerprint density at radius 2 is 1.68 bits per heavy atom. The Morgan fingerprint density at radius 3 is 2.38 bits per heavy atom. The molecule has 34 heavy (non-hydrogen) atoms. The van der Waals surface area contributed by atoms with Crippen LogP contribution in [0.3, 0.4) is 0 Å². The van der Waals surface area contributed by atoms with Crippen molar-refractivity contribution in [2.24, 2.45) is 0 Å². The summed E-state index contributed by atoms with van der Waals surface area (Å²) in [4.78, 5) is 13.0. The number of hydrogen-bond acceptors (Lipinski definition) is 6. The summed E-state index contributed by atoms with van der Waals surface area (Å²) < 4.78 is 44.9. The van der Waals surface area contributed by atoms with Crippen molar-refractivity contribution in [1.29, 1.82) is 0 Å². The zero-order chi connectivity index (χ0) is 24.3. The SMILES string of the molecule is COc1ccc(NS(=O)(=O)c2cc(C(=O)N[C@@H](C)c3ccc4c(c3)OCCO4)ccc2C)cc1. The topological polar surface area (TPSA) is 103 Å². The van der Waals surface area contributed by atoms with E-state index >= 15 is 0 Å². The highest BCUT2D eigenvalue weighted by Gasteiger charge is 2.21. The van der Waals surface area contributed by atoms with Crippen LogP contribution in [0.4, 0.5) is 5.69 Å². The minimum atomic E-state index is -3.91. The van der Waals surface area contributed by atoms with Crippen molar-refractivity contribution in [1.82, 2.24) is 5.32 Å².